The molecule has 0 saturated heterocycles. The number of nitro groups is 1. The zero-order chi connectivity index (χ0) is 13.3. The van der Waals surface area contributed by atoms with Crippen molar-refractivity contribution < 1.29 is 9.45 Å². The van der Waals surface area contributed by atoms with Crippen molar-refractivity contribution in [3.8, 4) is 11.5 Å². The topological polar surface area (TPSA) is 82.1 Å². The monoisotopic (exact) mass is 267 g/mol. The van der Waals surface area contributed by atoms with E-state index in [9.17, 15) is 10.1 Å². The fraction of sp³-hybridized carbons (Fsp3) is 0.273. The van der Waals surface area contributed by atoms with Gasteiger partial charge in [0.05, 0.1) is 10.3 Å². The summed E-state index contributed by atoms with van der Waals surface area (Å²) in [4.78, 5) is 14.5. The number of aromatic nitrogens is 2. The van der Waals surface area contributed by atoms with Crippen molar-refractivity contribution in [3.05, 3.63) is 39.7 Å². The second-order valence-electron chi connectivity index (χ2n) is 3.85. The molecule has 0 N–H and O–H groups in total. The summed E-state index contributed by atoms with van der Waals surface area (Å²) in [5.74, 6) is 0.412. The maximum atomic E-state index is 10.9. The maximum Gasteiger partial charge on any atom is 0.282 e. The van der Waals surface area contributed by atoms with Crippen LogP contribution in [0.15, 0.2) is 22.7 Å². The van der Waals surface area contributed by atoms with Crippen molar-refractivity contribution in [1.82, 2.24) is 10.1 Å². The number of aryl methyl sites for hydroxylation is 1. The highest BCUT2D eigenvalue weighted by atomic mass is 35.5. The second kappa shape index (κ2) is 4.73. The Kier molecular flexibility index (Phi) is 3.29. The first-order chi connectivity index (χ1) is 8.49. The lowest BCUT2D eigenvalue weighted by molar-refractivity contribution is -0.384. The van der Waals surface area contributed by atoms with E-state index in [1.165, 1.54) is 6.07 Å². The Hall–Kier alpha value is -1.95. The first kappa shape index (κ1) is 12.5. The van der Waals surface area contributed by atoms with Crippen molar-refractivity contribution in [2.45, 2.75) is 19.2 Å². The Morgan fingerprint density at radius 3 is 2.78 bits per heavy atom. The number of hydrogen-bond donors (Lipinski definition) is 0. The van der Waals surface area contributed by atoms with Crippen LogP contribution in [0.3, 0.4) is 0 Å². The Morgan fingerprint density at radius 1 is 1.50 bits per heavy atom. The van der Waals surface area contributed by atoms with Gasteiger partial charge >= 0.3 is 0 Å². The van der Waals surface area contributed by atoms with Crippen LogP contribution < -0.4 is 0 Å². The normalized spacial score (nSPS) is 12.4. The molecule has 0 spiro atoms. The maximum absolute atomic E-state index is 10.9. The first-order valence-electron chi connectivity index (χ1n) is 5.22. The van der Waals surface area contributed by atoms with Crippen LogP contribution in [0.2, 0.25) is 0 Å². The van der Waals surface area contributed by atoms with Crippen LogP contribution in [-0.2, 0) is 0 Å². The average Bonchev–Trinajstić information content (AvgIpc) is 2.77. The lowest BCUT2D eigenvalue weighted by Gasteiger charge is -1.99. The van der Waals surface area contributed by atoms with Gasteiger partial charge in [-0.2, -0.15) is 4.98 Å². The van der Waals surface area contributed by atoms with Gasteiger partial charge in [0.2, 0.25) is 0 Å². The third-order valence-corrected chi connectivity index (χ3v) is 2.57. The standard InChI is InChI=1S/C11H10ClN3O3/c1-6-3-4-9(15(16)17)8(5-6)11-13-10(7(2)12)14-18-11/h3-5,7H,1-2H3. The van der Waals surface area contributed by atoms with Crippen LogP contribution in [0.1, 0.15) is 23.7 Å². The Labute approximate surface area is 108 Å². The van der Waals surface area contributed by atoms with E-state index in [1.54, 1.807) is 19.1 Å². The minimum Gasteiger partial charge on any atom is -0.334 e. The molecule has 0 aliphatic rings. The molecule has 0 aliphatic heterocycles. The highest BCUT2D eigenvalue weighted by Gasteiger charge is 2.21. The van der Waals surface area contributed by atoms with Crippen LogP contribution in [-0.4, -0.2) is 15.1 Å². The number of alkyl halides is 1. The molecule has 7 heteroatoms. The SMILES string of the molecule is Cc1ccc([N+](=O)[O-])c(-c2nc(C(C)Cl)no2)c1. The fourth-order valence-corrected chi connectivity index (χ4v) is 1.57. The first-order valence-corrected chi connectivity index (χ1v) is 5.65. The van der Waals surface area contributed by atoms with Gasteiger partial charge in [-0.25, -0.2) is 0 Å². The molecule has 0 radical (unpaired) electrons. The van der Waals surface area contributed by atoms with Crippen LogP contribution in [0.4, 0.5) is 5.69 Å². The van der Waals surface area contributed by atoms with E-state index in [2.05, 4.69) is 10.1 Å². The number of nitrogens with zero attached hydrogens (tertiary/aromatic N) is 3. The van der Waals surface area contributed by atoms with Crippen LogP contribution in [0.25, 0.3) is 11.5 Å². The van der Waals surface area contributed by atoms with E-state index < -0.39 is 10.3 Å². The Bertz CT molecular complexity index is 595. The molecule has 2 rings (SSSR count). The van der Waals surface area contributed by atoms with Crippen LogP contribution in [0, 0.1) is 17.0 Å². The molecular weight excluding hydrogens is 258 g/mol. The summed E-state index contributed by atoms with van der Waals surface area (Å²) in [5, 5.41) is 14.2. The summed E-state index contributed by atoms with van der Waals surface area (Å²) in [5.41, 5.74) is 1.10. The molecule has 0 bridgehead atoms. The lowest BCUT2D eigenvalue weighted by Crippen LogP contribution is -1.93. The van der Waals surface area contributed by atoms with E-state index in [0.717, 1.165) is 5.56 Å². The van der Waals surface area contributed by atoms with Crippen LogP contribution >= 0.6 is 11.6 Å². The quantitative estimate of drug-likeness (QED) is 0.484. The molecule has 2 aromatic rings. The van der Waals surface area contributed by atoms with Crippen molar-refractivity contribution in [2.75, 3.05) is 0 Å². The van der Waals surface area contributed by atoms with Gasteiger partial charge in [-0.3, -0.25) is 10.1 Å². The Balaban J connectivity index is 2.54. The van der Waals surface area contributed by atoms with Gasteiger partial charge < -0.3 is 4.52 Å². The molecule has 0 amide bonds. The zero-order valence-electron chi connectivity index (χ0n) is 9.75. The molecule has 94 valence electrons. The number of benzene rings is 1. The van der Waals surface area contributed by atoms with Gasteiger partial charge in [0.1, 0.15) is 5.56 Å². The summed E-state index contributed by atoms with van der Waals surface area (Å²) in [6.07, 6.45) is 0. The summed E-state index contributed by atoms with van der Waals surface area (Å²) < 4.78 is 5.01. The largest absolute Gasteiger partial charge is 0.334 e. The summed E-state index contributed by atoms with van der Waals surface area (Å²) in [6.45, 7) is 3.52. The molecule has 1 aromatic heterocycles. The molecule has 6 nitrogen and oxygen atoms in total. The average molecular weight is 268 g/mol. The van der Waals surface area contributed by atoms with Gasteiger partial charge in [-0.1, -0.05) is 11.2 Å². The molecule has 1 atom stereocenters. The molecule has 1 aromatic carbocycles. The van der Waals surface area contributed by atoms with E-state index in [-0.39, 0.29) is 11.6 Å². The zero-order valence-corrected chi connectivity index (χ0v) is 10.5. The van der Waals surface area contributed by atoms with Crippen molar-refractivity contribution in [3.63, 3.8) is 0 Å². The van der Waals surface area contributed by atoms with E-state index in [4.69, 9.17) is 16.1 Å². The summed E-state index contributed by atoms with van der Waals surface area (Å²) in [6, 6.07) is 4.70. The molecule has 0 aliphatic carbocycles. The van der Waals surface area contributed by atoms with Gasteiger partial charge in [-0.05, 0) is 25.5 Å². The van der Waals surface area contributed by atoms with Gasteiger partial charge in [0, 0.05) is 6.07 Å². The van der Waals surface area contributed by atoms with E-state index >= 15 is 0 Å². The predicted octanol–water partition coefficient (Wildman–Crippen LogP) is 3.25. The number of rotatable bonds is 3. The summed E-state index contributed by atoms with van der Waals surface area (Å²) >= 11 is 5.82. The highest BCUT2D eigenvalue weighted by Crippen LogP contribution is 2.30. The van der Waals surface area contributed by atoms with Crippen molar-refractivity contribution in [1.29, 1.82) is 0 Å². The lowest BCUT2D eigenvalue weighted by atomic mass is 10.1. The molecule has 1 unspecified atom stereocenters. The molecule has 18 heavy (non-hydrogen) atoms. The number of hydrogen-bond acceptors (Lipinski definition) is 5. The van der Waals surface area contributed by atoms with E-state index in [0.29, 0.717) is 11.4 Å². The number of halogens is 1. The van der Waals surface area contributed by atoms with Gasteiger partial charge in [0.15, 0.2) is 5.82 Å². The van der Waals surface area contributed by atoms with E-state index in [1.807, 2.05) is 6.92 Å². The molecular formula is C11H10ClN3O3. The van der Waals surface area contributed by atoms with Crippen molar-refractivity contribution >= 4 is 17.3 Å². The molecule has 0 saturated carbocycles. The third-order valence-electron chi connectivity index (χ3n) is 2.38. The highest BCUT2D eigenvalue weighted by molar-refractivity contribution is 6.20. The molecule has 0 fully saturated rings. The van der Waals surface area contributed by atoms with Crippen molar-refractivity contribution in [2.24, 2.45) is 0 Å². The summed E-state index contributed by atoms with van der Waals surface area (Å²) in [7, 11) is 0. The van der Waals surface area contributed by atoms with Gasteiger partial charge in [0.25, 0.3) is 11.6 Å². The minimum atomic E-state index is -0.483. The van der Waals surface area contributed by atoms with Gasteiger partial charge in [-0.15, -0.1) is 11.6 Å². The Morgan fingerprint density at radius 2 is 2.22 bits per heavy atom. The third kappa shape index (κ3) is 2.33. The predicted molar refractivity (Wildman–Crippen MR) is 65.4 cm³/mol. The number of nitro benzene ring substituents is 1. The minimum absolute atomic E-state index is 0.0713. The second-order valence-corrected chi connectivity index (χ2v) is 4.51. The van der Waals surface area contributed by atoms with Crippen LogP contribution in [0.5, 0.6) is 0 Å². The smallest absolute Gasteiger partial charge is 0.282 e. The fourth-order valence-electron chi connectivity index (χ4n) is 1.49. The molecule has 1 heterocycles.